The topological polar surface area (TPSA) is 64.3 Å². The molecule has 1 aromatic rings. The van der Waals surface area contributed by atoms with E-state index in [0.717, 1.165) is 5.56 Å². The molecule has 0 atom stereocenters. The third-order valence-electron chi connectivity index (χ3n) is 3.81. The van der Waals surface area contributed by atoms with Crippen molar-refractivity contribution in [1.29, 1.82) is 0 Å². The Morgan fingerprint density at radius 1 is 1.30 bits per heavy atom. The molecule has 20 heavy (non-hydrogen) atoms. The third-order valence-corrected chi connectivity index (χ3v) is 3.81. The molecule has 3 N–H and O–H groups in total. The molecule has 0 bridgehead atoms. The minimum atomic E-state index is -0.481. The molecule has 1 heterocycles. The number of ether oxygens (including phenoxy) is 1. The minimum Gasteiger partial charge on any atom is -0.381 e. The van der Waals surface area contributed by atoms with Crippen molar-refractivity contribution in [2.24, 2.45) is 5.73 Å². The molecule has 2 rings (SSSR count). The highest BCUT2D eigenvalue weighted by Gasteiger charge is 2.41. The van der Waals surface area contributed by atoms with Gasteiger partial charge in [-0.1, -0.05) is 30.3 Å². The van der Waals surface area contributed by atoms with E-state index in [9.17, 15) is 4.79 Å². The van der Waals surface area contributed by atoms with Gasteiger partial charge in [-0.2, -0.15) is 0 Å². The molecule has 1 saturated heterocycles. The molecule has 1 fully saturated rings. The number of nitrogens with one attached hydrogen (secondary N) is 1. The van der Waals surface area contributed by atoms with Gasteiger partial charge in [0.15, 0.2) is 0 Å². The first-order chi connectivity index (χ1) is 9.44. The first kappa shape index (κ1) is 15.0. The van der Waals surface area contributed by atoms with E-state index < -0.39 is 11.0 Å². The molecule has 1 aliphatic heterocycles. The molecule has 0 spiro atoms. The minimum absolute atomic E-state index is 0.0607. The summed E-state index contributed by atoms with van der Waals surface area (Å²) in [5, 5.41) is 3.01. The number of amides is 1. The van der Waals surface area contributed by atoms with Gasteiger partial charge in [-0.05, 0) is 32.3 Å². The Labute approximate surface area is 120 Å². The maximum atomic E-state index is 12.7. The summed E-state index contributed by atoms with van der Waals surface area (Å²) >= 11 is 0. The van der Waals surface area contributed by atoms with Crippen molar-refractivity contribution in [2.75, 3.05) is 19.8 Å². The Kier molecular flexibility index (Phi) is 4.45. The Balaban J connectivity index is 2.21. The Bertz CT molecular complexity index is 445. The van der Waals surface area contributed by atoms with Crippen LogP contribution in [0.15, 0.2) is 30.3 Å². The maximum absolute atomic E-state index is 12.7. The summed E-state index contributed by atoms with van der Waals surface area (Å²) < 4.78 is 5.44. The summed E-state index contributed by atoms with van der Waals surface area (Å²) in [6.45, 7) is 5.53. The number of rotatable bonds is 4. The Morgan fingerprint density at radius 3 is 2.45 bits per heavy atom. The van der Waals surface area contributed by atoms with Crippen LogP contribution in [-0.4, -0.2) is 31.2 Å². The van der Waals surface area contributed by atoms with Crippen molar-refractivity contribution < 1.29 is 9.53 Å². The van der Waals surface area contributed by atoms with Crippen molar-refractivity contribution in [1.82, 2.24) is 5.32 Å². The molecule has 4 heteroatoms. The lowest BCUT2D eigenvalue weighted by Gasteiger charge is -2.37. The van der Waals surface area contributed by atoms with Crippen LogP contribution in [0, 0.1) is 0 Å². The number of hydrogen-bond acceptors (Lipinski definition) is 3. The number of hydrogen-bond donors (Lipinski definition) is 2. The van der Waals surface area contributed by atoms with Crippen molar-refractivity contribution in [3.8, 4) is 0 Å². The molecule has 1 amide bonds. The fraction of sp³-hybridized carbons (Fsp3) is 0.562. The fourth-order valence-electron chi connectivity index (χ4n) is 2.60. The number of carbonyl (C=O) groups excluding carboxylic acids is 1. The smallest absolute Gasteiger partial charge is 0.230 e. The second-order valence-corrected chi connectivity index (χ2v) is 6.23. The number of nitrogens with two attached hydrogens (primary N) is 1. The zero-order chi connectivity index (χ0) is 14.6. The highest BCUT2D eigenvalue weighted by Crippen LogP contribution is 2.35. The van der Waals surface area contributed by atoms with Gasteiger partial charge < -0.3 is 15.8 Å². The molecule has 0 radical (unpaired) electrons. The van der Waals surface area contributed by atoms with E-state index in [1.807, 2.05) is 44.2 Å². The van der Waals surface area contributed by atoms with Crippen LogP contribution >= 0.6 is 0 Å². The summed E-state index contributed by atoms with van der Waals surface area (Å²) in [7, 11) is 0. The van der Waals surface area contributed by atoms with E-state index in [0.29, 0.717) is 32.6 Å². The molecule has 0 saturated carbocycles. The summed E-state index contributed by atoms with van der Waals surface area (Å²) in [4.78, 5) is 12.7. The van der Waals surface area contributed by atoms with Crippen molar-refractivity contribution in [3.63, 3.8) is 0 Å². The van der Waals surface area contributed by atoms with Gasteiger partial charge in [0.2, 0.25) is 5.91 Å². The molecule has 0 aliphatic carbocycles. The summed E-state index contributed by atoms with van der Waals surface area (Å²) in [6.07, 6.45) is 1.43. The maximum Gasteiger partial charge on any atom is 0.230 e. The van der Waals surface area contributed by atoms with Crippen LogP contribution in [0.5, 0.6) is 0 Å². The molecule has 0 unspecified atom stereocenters. The molecule has 1 aromatic carbocycles. The normalized spacial score (nSPS) is 18.6. The third kappa shape index (κ3) is 3.38. The van der Waals surface area contributed by atoms with E-state index in [4.69, 9.17) is 10.5 Å². The van der Waals surface area contributed by atoms with E-state index in [-0.39, 0.29) is 5.91 Å². The Hall–Kier alpha value is -1.39. The van der Waals surface area contributed by atoms with Crippen LogP contribution in [0.4, 0.5) is 0 Å². The van der Waals surface area contributed by atoms with Gasteiger partial charge in [0.1, 0.15) is 0 Å². The van der Waals surface area contributed by atoms with Gasteiger partial charge in [0, 0.05) is 25.3 Å². The largest absolute Gasteiger partial charge is 0.381 e. The molecule has 4 nitrogen and oxygen atoms in total. The van der Waals surface area contributed by atoms with Crippen LogP contribution in [-0.2, 0) is 14.9 Å². The second-order valence-electron chi connectivity index (χ2n) is 6.23. The molecule has 0 aromatic heterocycles. The van der Waals surface area contributed by atoms with Crippen LogP contribution in [0.1, 0.15) is 32.3 Å². The lowest BCUT2D eigenvalue weighted by Crippen LogP contribution is -2.53. The molecular formula is C16H24N2O2. The predicted octanol–water partition coefficient (Wildman–Crippen LogP) is 1.59. The quantitative estimate of drug-likeness (QED) is 0.877. The summed E-state index contributed by atoms with van der Waals surface area (Å²) in [5.41, 5.74) is 6.14. The van der Waals surface area contributed by atoms with Crippen molar-refractivity contribution >= 4 is 5.91 Å². The van der Waals surface area contributed by atoms with E-state index >= 15 is 0 Å². The van der Waals surface area contributed by atoms with Gasteiger partial charge >= 0.3 is 0 Å². The monoisotopic (exact) mass is 276 g/mol. The van der Waals surface area contributed by atoms with E-state index in [1.54, 1.807) is 0 Å². The van der Waals surface area contributed by atoms with Crippen LogP contribution in [0.2, 0.25) is 0 Å². The molecular weight excluding hydrogens is 252 g/mol. The second kappa shape index (κ2) is 5.94. The standard InChI is InChI=1S/C16H24N2O2/c1-15(2,17)12-18-14(19)16(8-10-20-11-9-16)13-6-4-3-5-7-13/h3-7H,8-12,17H2,1-2H3,(H,18,19). The van der Waals surface area contributed by atoms with E-state index in [2.05, 4.69) is 5.32 Å². The first-order valence-electron chi connectivity index (χ1n) is 7.15. The van der Waals surface area contributed by atoms with Crippen LogP contribution < -0.4 is 11.1 Å². The lowest BCUT2D eigenvalue weighted by atomic mass is 9.73. The zero-order valence-electron chi connectivity index (χ0n) is 12.3. The summed E-state index contributed by atoms with van der Waals surface area (Å²) in [6, 6.07) is 9.98. The molecule has 110 valence electrons. The van der Waals surface area contributed by atoms with Gasteiger partial charge in [0.25, 0.3) is 0 Å². The average molecular weight is 276 g/mol. The Morgan fingerprint density at radius 2 is 1.90 bits per heavy atom. The highest BCUT2D eigenvalue weighted by atomic mass is 16.5. The van der Waals surface area contributed by atoms with Crippen LogP contribution in [0.3, 0.4) is 0 Å². The van der Waals surface area contributed by atoms with Gasteiger partial charge in [0.05, 0.1) is 5.41 Å². The first-order valence-corrected chi connectivity index (χ1v) is 7.15. The lowest BCUT2D eigenvalue weighted by molar-refractivity contribution is -0.130. The summed E-state index contributed by atoms with van der Waals surface area (Å²) in [5.74, 6) is 0.0607. The van der Waals surface area contributed by atoms with Gasteiger partial charge in [-0.3, -0.25) is 4.79 Å². The van der Waals surface area contributed by atoms with Crippen LogP contribution in [0.25, 0.3) is 0 Å². The zero-order valence-corrected chi connectivity index (χ0v) is 12.3. The highest BCUT2D eigenvalue weighted by molar-refractivity contribution is 5.88. The average Bonchev–Trinajstić information content (AvgIpc) is 2.45. The van der Waals surface area contributed by atoms with Crippen molar-refractivity contribution in [3.05, 3.63) is 35.9 Å². The van der Waals surface area contributed by atoms with Crippen molar-refractivity contribution in [2.45, 2.75) is 37.6 Å². The molecule has 1 aliphatic rings. The predicted molar refractivity (Wildman–Crippen MR) is 79.4 cm³/mol. The fourth-order valence-corrected chi connectivity index (χ4v) is 2.60. The SMILES string of the molecule is CC(C)(N)CNC(=O)C1(c2ccccc2)CCOCC1. The van der Waals surface area contributed by atoms with E-state index in [1.165, 1.54) is 0 Å². The van der Waals surface area contributed by atoms with Gasteiger partial charge in [-0.15, -0.1) is 0 Å². The number of benzene rings is 1. The number of carbonyl (C=O) groups is 1. The van der Waals surface area contributed by atoms with Gasteiger partial charge in [-0.25, -0.2) is 0 Å².